The third kappa shape index (κ3) is 5.57. The predicted octanol–water partition coefficient (Wildman–Crippen LogP) is 6.25. The topological polar surface area (TPSA) is 44.8 Å². The Morgan fingerprint density at radius 1 is 0.941 bits per heavy atom. The molecule has 1 atom stereocenters. The lowest BCUT2D eigenvalue weighted by atomic mass is 10.00. The van der Waals surface area contributed by atoms with Crippen molar-refractivity contribution in [3.8, 4) is 16.9 Å². The smallest absolute Gasteiger partial charge is 0.335 e. The number of fused-ring (bicyclic) bond motifs is 3. The molecule has 0 saturated carbocycles. The molecule has 0 spiro atoms. The number of esters is 1. The van der Waals surface area contributed by atoms with Crippen LogP contribution in [-0.4, -0.2) is 31.9 Å². The highest BCUT2D eigenvalue weighted by Crippen LogP contribution is 2.37. The van der Waals surface area contributed by atoms with Gasteiger partial charge in [-0.25, -0.2) is 4.79 Å². The van der Waals surface area contributed by atoms with E-state index in [0.29, 0.717) is 26.2 Å². The van der Waals surface area contributed by atoms with E-state index in [9.17, 15) is 4.79 Å². The van der Waals surface area contributed by atoms with Crippen molar-refractivity contribution in [3.05, 3.63) is 95.1 Å². The number of hydrogen-bond acceptors (Lipinski definition) is 4. The molecule has 0 aliphatic heterocycles. The minimum atomic E-state index is -0.581. The summed E-state index contributed by atoms with van der Waals surface area (Å²) in [7, 11) is 0. The summed E-state index contributed by atoms with van der Waals surface area (Å²) < 4.78 is 16.6. The first-order valence-corrected chi connectivity index (χ1v) is 12.0. The quantitative estimate of drug-likeness (QED) is 0.265. The van der Waals surface area contributed by atoms with Gasteiger partial charge in [-0.05, 0) is 84.4 Å². The Kier molecular flexibility index (Phi) is 7.81. The summed E-state index contributed by atoms with van der Waals surface area (Å²) in [5.74, 6) is 0.474. The molecule has 0 saturated heterocycles. The maximum Gasteiger partial charge on any atom is 0.335 e. The van der Waals surface area contributed by atoms with Crippen LogP contribution in [0.15, 0.2) is 72.8 Å². The van der Waals surface area contributed by atoms with Crippen molar-refractivity contribution in [1.29, 1.82) is 0 Å². The average molecular weight is 457 g/mol. The number of allylic oxidation sites excluding steroid dienone is 1. The normalized spacial score (nSPS) is 13.2. The lowest BCUT2D eigenvalue weighted by Crippen LogP contribution is -2.28. The van der Waals surface area contributed by atoms with Gasteiger partial charge >= 0.3 is 5.97 Å². The van der Waals surface area contributed by atoms with Gasteiger partial charge in [-0.2, -0.15) is 0 Å². The molecule has 4 nitrogen and oxygen atoms in total. The fourth-order valence-corrected chi connectivity index (χ4v) is 4.35. The van der Waals surface area contributed by atoms with E-state index in [-0.39, 0.29) is 5.97 Å². The second-order valence-electron chi connectivity index (χ2n) is 8.45. The maximum atomic E-state index is 12.1. The van der Waals surface area contributed by atoms with Crippen LogP contribution in [0, 0.1) is 0 Å². The Bertz CT molecular complexity index is 1160. The summed E-state index contributed by atoms with van der Waals surface area (Å²) in [5.41, 5.74) is 8.92. The second-order valence-corrected chi connectivity index (χ2v) is 8.45. The van der Waals surface area contributed by atoms with Crippen LogP contribution in [0.3, 0.4) is 0 Å². The molecule has 1 aliphatic rings. The summed E-state index contributed by atoms with van der Waals surface area (Å²) in [5, 5.41) is 0. The van der Waals surface area contributed by atoms with Crippen LogP contribution in [0.5, 0.6) is 5.75 Å². The molecule has 4 rings (SSSR count). The van der Waals surface area contributed by atoms with Crippen LogP contribution < -0.4 is 4.74 Å². The van der Waals surface area contributed by atoms with E-state index in [1.54, 1.807) is 6.92 Å². The molecule has 0 aromatic heterocycles. The van der Waals surface area contributed by atoms with E-state index < -0.39 is 6.10 Å². The van der Waals surface area contributed by atoms with Crippen molar-refractivity contribution in [3.63, 3.8) is 0 Å². The number of benzene rings is 3. The molecule has 0 fully saturated rings. The molecule has 0 unspecified atom stereocenters. The number of carbonyl (C=O) groups excluding carboxylic acids is 1. The van der Waals surface area contributed by atoms with Crippen LogP contribution in [0.1, 0.15) is 43.0 Å². The standard InChI is InChI=1S/C30H32O4/c1-4-32-29(30(31)33-5-2)18-22-10-13-26(14-11-22)34-17-16-21(3)23-12-15-28-25(19-23)20-24-8-6-7-9-27(24)28/h6-16,19,29H,4-5,17-18,20H2,1-3H3/b21-16+/t29-/m0/s1. The van der Waals surface area contributed by atoms with E-state index >= 15 is 0 Å². The summed E-state index contributed by atoms with van der Waals surface area (Å²) in [6.45, 7) is 7.11. The van der Waals surface area contributed by atoms with Crippen molar-refractivity contribution in [2.45, 2.75) is 39.7 Å². The first-order chi connectivity index (χ1) is 16.6. The van der Waals surface area contributed by atoms with Gasteiger partial charge in [-0.1, -0.05) is 54.6 Å². The van der Waals surface area contributed by atoms with Gasteiger partial charge in [0.15, 0.2) is 6.10 Å². The molecule has 1 aliphatic carbocycles. The summed E-state index contributed by atoms with van der Waals surface area (Å²) in [4.78, 5) is 12.1. The SMILES string of the molecule is CCOC(=O)[C@H](Cc1ccc(OC/C=C(\C)c2ccc3c(c2)Cc2ccccc2-3)cc1)OCC. The van der Waals surface area contributed by atoms with Gasteiger partial charge in [0.05, 0.1) is 6.61 Å². The van der Waals surface area contributed by atoms with Gasteiger partial charge in [0.2, 0.25) is 0 Å². The molecule has 0 heterocycles. The maximum absolute atomic E-state index is 12.1. The number of carbonyl (C=O) groups is 1. The van der Waals surface area contributed by atoms with E-state index in [0.717, 1.165) is 17.7 Å². The Balaban J connectivity index is 1.34. The van der Waals surface area contributed by atoms with Crippen molar-refractivity contribution in [2.75, 3.05) is 19.8 Å². The molecule has 3 aromatic carbocycles. The van der Waals surface area contributed by atoms with Gasteiger partial charge in [0, 0.05) is 13.0 Å². The first-order valence-electron chi connectivity index (χ1n) is 12.0. The summed E-state index contributed by atoms with van der Waals surface area (Å²) in [6, 6.07) is 23.2. The average Bonchev–Trinajstić information content (AvgIpc) is 3.22. The molecular formula is C30H32O4. The second kappa shape index (κ2) is 11.2. The summed E-state index contributed by atoms with van der Waals surface area (Å²) in [6.07, 6.45) is 3.01. The monoisotopic (exact) mass is 456 g/mol. The van der Waals surface area contributed by atoms with Crippen molar-refractivity contribution in [2.24, 2.45) is 0 Å². The highest BCUT2D eigenvalue weighted by molar-refractivity contribution is 5.79. The molecular weight excluding hydrogens is 424 g/mol. The van der Waals surface area contributed by atoms with E-state index in [1.807, 2.05) is 31.2 Å². The summed E-state index contributed by atoms with van der Waals surface area (Å²) >= 11 is 0. The van der Waals surface area contributed by atoms with Crippen molar-refractivity contribution in [1.82, 2.24) is 0 Å². The van der Waals surface area contributed by atoms with Crippen LogP contribution in [0.25, 0.3) is 16.7 Å². The predicted molar refractivity (Wildman–Crippen MR) is 136 cm³/mol. The molecule has 0 N–H and O–H groups in total. The fraction of sp³-hybridized carbons (Fsp3) is 0.300. The Labute approximate surface area is 202 Å². The number of ether oxygens (including phenoxy) is 3. The Morgan fingerprint density at radius 3 is 2.47 bits per heavy atom. The van der Waals surface area contributed by atoms with E-state index in [4.69, 9.17) is 14.2 Å². The van der Waals surface area contributed by atoms with Crippen LogP contribution in [0.4, 0.5) is 0 Å². The Morgan fingerprint density at radius 2 is 1.71 bits per heavy atom. The van der Waals surface area contributed by atoms with Crippen molar-refractivity contribution < 1.29 is 19.0 Å². The van der Waals surface area contributed by atoms with Crippen LogP contribution >= 0.6 is 0 Å². The van der Waals surface area contributed by atoms with Gasteiger partial charge in [-0.3, -0.25) is 0 Å². The van der Waals surface area contributed by atoms with Crippen LogP contribution in [-0.2, 0) is 27.1 Å². The third-order valence-corrected chi connectivity index (χ3v) is 6.15. The highest BCUT2D eigenvalue weighted by atomic mass is 16.6. The zero-order chi connectivity index (χ0) is 23.9. The van der Waals surface area contributed by atoms with Gasteiger partial charge in [-0.15, -0.1) is 0 Å². The third-order valence-electron chi connectivity index (χ3n) is 6.15. The van der Waals surface area contributed by atoms with Gasteiger partial charge in [0.25, 0.3) is 0 Å². The van der Waals surface area contributed by atoms with E-state index in [1.165, 1.54) is 33.4 Å². The lowest BCUT2D eigenvalue weighted by molar-refractivity contribution is -0.156. The molecule has 0 radical (unpaired) electrons. The van der Waals surface area contributed by atoms with Gasteiger partial charge < -0.3 is 14.2 Å². The molecule has 0 bridgehead atoms. The molecule has 176 valence electrons. The molecule has 0 amide bonds. The molecule has 3 aromatic rings. The molecule has 4 heteroatoms. The van der Waals surface area contributed by atoms with Gasteiger partial charge in [0.1, 0.15) is 12.4 Å². The Hall–Kier alpha value is -3.37. The zero-order valence-electron chi connectivity index (χ0n) is 20.2. The van der Waals surface area contributed by atoms with Crippen molar-refractivity contribution >= 4 is 11.5 Å². The number of rotatable bonds is 10. The molecule has 34 heavy (non-hydrogen) atoms. The lowest BCUT2D eigenvalue weighted by Gasteiger charge is -2.15. The van der Waals surface area contributed by atoms with Crippen LogP contribution in [0.2, 0.25) is 0 Å². The minimum absolute atomic E-state index is 0.319. The fourth-order valence-electron chi connectivity index (χ4n) is 4.35. The zero-order valence-corrected chi connectivity index (χ0v) is 20.2. The van der Waals surface area contributed by atoms with E-state index in [2.05, 4.69) is 55.5 Å². The highest BCUT2D eigenvalue weighted by Gasteiger charge is 2.20. The number of hydrogen-bond donors (Lipinski definition) is 0. The minimum Gasteiger partial charge on any atom is -0.490 e. The first kappa shape index (κ1) is 23.8. The largest absolute Gasteiger partial charge is 0.490 e.